The summed E-state index contributed by atoms with van der Waals surface area (Å²) in [4.78, 5) is 35.9. The highest BCUT2D eigenvalue weighted by Crippen LogP contribution is 2.12. The second-order valence-corrected chi connectivity index (χ2v) is 6.96. The highest BCUT2D eigenvalue weighted by Gasteiger charge is 2.26. The summed E-state index contributed by atoms with van der Waals surface area (Å²) < 4.78 is 0. The number of aryl methyl sites for hydroxylation is 2. The number of aliphatic carboxylic acids is 1. The van der Waals surface area contributed by atoms with E-state index in [2.05, 4.69) is 10.6 Å². The summed E-state index contributed by atoms with van der Waals surface area (Å²) in [5.74, 6) is -1.99. The van der Waals surface area contributed by atoms with Gasteiger partial charge in [-0.3, -0.25) is 9.59 Å². The number of carbonyl (C=O) groups excluding carboxylic acids is 2. The van der Waals surface area contributed by atoms with E-state index in [9.17, 15) is 19.5 Å². The Bertz CT molecular complexity index is 849. The zero-order valence-electron chi connectivity index (χ0n) is 16.4. The molecule has 6 nitrogen and oxygen atoms in total. The van der Waals surface area contributed by atoms with Crippen LogP contribution < -0.4 is 10.6 Å². The number of carboxylic acids is 1. The van der Waals surface area contributed by atoms with Crippen LogP contribution >= 0.6 is 0 Å². The van der Waals surface area contributed by atoms with E-state index < -0.39 is 24.0 Å². The van der Waals surface area contributed by atoms with E-state index in [0.717, 1.165) is 22.3 Å². The summed E-state index contributed by atoms with van der Waals surface area (Å²) in [6.07, 6.45) is 0.447. The molecular formula is C22H26N2O4. The molecule has 3 N–H and O–H groups in total. The molecular weight excluding hydrogens is 356 g/mol. The molecule has 0 spiro atoms. The van der Waals surface area contributed by atoms with Crippen molar-refractivity contribution in [2.45, 2.75) is 45.7 Å². The SMILES string of the molecule is CC(=O)N[C@H](Cc1ccccc1)C(=O)N[C@H](Cc1ccc(C)c(C)c1)C(=O)O. The van der Waals surface area contributed by atoms with Crippen LogP contribution in [0.5, 0.6) is 0 Å². The molecule has 0 saturated carbocycles. The Labute approximate surface area is 165 Å². The van der Waals surface area contributed by atoms with E-state index in [1.54, 1.807) is 0 Å². The van der Waals surface area contributed by atoms with Gasteiger partial charge in [0.1, 0.15) is 12.1 Å². The molecule has 2 amide bonds. The summed E-state index contributed by atoms with van der Waals surface area (Å²) >= 11 is 0. The van der Waals surface area contributed by atoms with Crippen LogP contribution in [0, 0.1) is 13.8 Å². The normalized spacial score (nSPS) is 12.7. The smallest absolute Gasteiger partial charge is 0.326 e. The van der Waals surface area contributed by atoms with Gasteiger partial charge in [0, 0.05) is 19.8 Å². The fraction of sp³-hybridized carbons (Fsp3) is 0.318. The number of nitrogens with one attached hydrogen (secondary N) is 2. The lowest BCUT2D eigenvalue weighted by Gasteiger charge is -2.21. The Morgan fingerprint density at radius 2 is 1.50 bits per heavy atom. The van der Waals surface area contributed by atoms with Crippen molar-refractivity contribution in [3.8, 4) is 0 Å². The molecule has 0 aliphatic rings. The number of rotatable bonds is 8. The van der Waals surface area contributed by atoms with Gasteiger partial charge in [0.15, 0.2) is 0 Å². The minimum absolute atomic E-state index is 0.167. The Kier molecular flexibility index (Phi) is 7.32. The maximum Gasteiger partial charge on any atom is 0.326 e. The first kappa shape index (κ1) is 21.2. The van der Waals surface area contributed by atoms with Gasteiger partial charge in [-0.15, -0.1) is 0 Å². The van der Waals surface area contributed by atoms with Crippen molar-refractivity contribution >= 4 is 17.8 Å². The molecule has 6 heteroatoms. The minimum Gasteiger partial charge on any atom is -0.480 e. The van der Waals surface area contributed by atoms with Crippen LogP contribution in [0.3, 0.4) is 0 Å². The molecule has 148 valence electrons. The Morgan fingerprint density at radius 1 is 0.857 bits per heavy atom. The molecule has 2 aromatic carbocycles. The van der Waals surface area contributed by atoms with Gasteiger partial charge in [0.25, 0.3) is 0 Å². The first-order chi connectivity index (χ1) is 13.3. The molecule has 2 aromatic rings. The predicted molar refractivity (Wildman–Crippen MR) is 107 cm³/mol. The number of amides is 2. The second-order valence-electron chi connectivity index (χ2n) is 6.96. The maximum atomic E-state index is 12.7. The Morgan fingerprint density at radius 3 is 2.07 bits per heavy atom. The fourth-order valence-electron chi connectivity index (χ4n) is 2.94. The second kappa shape index (κ2) is 9.69. The summed E-state index contributed by atoms with van der Waals surface area (Å²) in [5.41, 5.74) is 3.88. The van der Waals surface area contributed by atoms with E-state index in [1.807, 2.05) is 62.4 Å². The van der Waals surface area contributed by atoms with Crippen LogP contribution in [0.4, 0.5) is 0 Å². The highest BCUT2D eigenvalue weighted by atomic mass is 16.4. The molecule has 0 aliphatic carbocycles. The molecule has 0 aromatic heterocycles. The van der Waals surface area contributed by atoms with Gasteiger partial charge in [-0.1, -0.05) is 48.5 Å². The molecule has 0 saturated heterocycles. The topological polar surface area (TPSA) is 95.5 Å². The van der Waals surface area contributed by atoms with Crippen LogP contribution in [-0.4, -0.2) is 35.0 Å². The highest BCUT2D eigenvalue weighted by molar-refractivity contribution is 5.90. The van der Waals surface area contributed by atoms with Crippen molar-refractivity contribution in [1.82, 2.24) is 10.6 Å². The van der Waals surface area contributed by atoms with Gasteiger partial charge in [-0.05, 0) is 36.1 Å². The van der Waals surface area contributed by atoms with Gasteiger partial charge < -0.3 is 15.7 Å². The monoisotopic (exact) mass is 382 g/mol. The predicted octanol–water partition coefficient (Wildman–Crippen LogP) is 2.16. The maximum absolute atomic E-state index is 12.7. The number of hydrogen-bond donors (Lipinski definition) is 3. The standard InChI is InChI=1S/C22H26N2O4/c1-14-9-10-18(11-15(14)2)13-20(22(27)28)24-21(26)19(23-16(3)25)12-17-7-5-4-6-8-17/h4-11,19-20H,12-13H2,1-3H3,(H,23,25)(H,24,26)(H,27,28)/t19-,20-/m1/s1. The van der Waals surface area contributed by atoms with E-state index >= 15 is 0 Å². The van der Waals surface area contributed by atoms with Crippen LogP contribution in [0.1, 0.15) is 29.2 Å². The van der Waals surface area contributed by atoms with Crippen molar-refractivity contribution in [1.29, 1.82) is 0 Å². The minimum atomic E-state index is -1.12. The van der Waals surface area contributed by atoms with Gasteiger partial charge >= 0.3 is 5.97 Å². The van der Waals surface area contributed by atoms with Crippen molar-refractivity contribution in [2.24, 2.45) is 0 Å². The van der Waals surface area contributed by atoms with Gasteiger partial charge in [-0.2, -0.15) is 0 Å². The molecule has 2 atom stereocenters. The van der Waals surface area contributed by atoms with Crippen molar-refractivity contribution in [3.05, 3.63) is 70.8 Å². The summed E-state index contributed by atoms with van der Waals surface area (Å²) in [6.45, 7) is 5.27. The van der Waals surface area contributed by atoms with Crippen LogP contribution in [-0.2, 0) is 27.2 Å². The third-order valence-corrected chi connectivity index (χ3v) is 4.60. The summed E-state index contributed by atoms with van der Waals surface area (Å²) in [5, 5.41) is 14.7. The average molecular weight is 382 g/mol. The van der Waals surface area contributed by atoms with Crippen molar-refractivity contribution in [2.75, 3.05) is 0 Å². The first-order valence-electron chi connectivity index (χ1n) is 9.16. The van der Waals surface area contributed by atoms with Gasteiger partial charge in [0.2, 0.25) is 11.8 Å². The molecule has 0 bridgehead atoms. The Balaban J connectivity index is 2.13. The molecule has 0 aliphatic heterocycles. The third-order valence-electron chi connectivity index (χ3n) is 4.60. The molecule has 0 fully saturated rings. The van der Waals surface area contributed by atoms with E-state index in [4.69, 9.17) is 0 Å². The molecule has 2 rings (SSSR count). The summed E-state index contributed by atoms with van der Waals surface area (Å²) in [6, 6.07) is 13.0. The van der Waals surface area contributed by atoms with Crippen molar-refractivity contribution < 1.29 is 19.5 Å². The summed E-state index contributed by atoms with van der Waals surface area (Å²) in [7, 11) is 0. The number of carbonyl (C=O) groups is 3. The molecule has 28 heavy (non-hydrogen) atoms. The molecule has 0 unspecified atom stereocenters. The number of hydrogen-bond acceptors (Lipinski definition) is 3. The Hall–Kier alpha value is -3.15. The lowest BCUT2D eigenvalue weighted by molar-refractivity contribution is -0.142. The zero-order valence-corrected chi connectivity index (χ0v) is 16.4. The number of carboxylic acid groups (broad SMARTS) is 1. The largest absolute Gasteiger partial charge is 0.480 e. The first-order valence-corrected chi connectivity index (χ1v) is 9.16. The zero-order chi connectivity index (χ0) is 20.7. The van der Waals surface area contributed by atoms with E-state index in [0.29, 0.717) is 0 Å². The molecule has 0 heterocycles. The van der Waals surface area contributed by atoms with Crippen LogP contribution in [0.2, 0.25) is 0 Å². The number of benzene rings is 2. The third kappa shape index (κ3) is 6.23. The van der Waals surface area contributed by atoms with Crippen LogP contribution in [0.15, 0.2) is 48.5 Å². The van der Waals surface area contributed by atoms with Crippen LogP contribution in [0.25, 0.3) is 0 Å². The lowest BCUT2D eigenvalue weighted by atomic mass is 10.00. The quantitative estimate of drug-likeness (QED) is 0.652. The average Bonchev–Trinajstić information content (AvgIpc) is 2.64. The van der Waals surface area contributed by atoms with Gasteiger partial charge in [-0.25, -0.2) is 4.79 Å². The van der Waals surface area contributed by atoms with Crippen molar-refractivity contribution in [3.63, 3.8) is 0 Å². The van der Waals surface area contributed by atoms with Gasteiger partial charge in [0.05, 0.1) is 0 Å². The van der Waals surface area contributed by atoms with E-state index in [-0.39, 0.29) is 18.7 Å². The molecule has 0 radical (unpaired) electrons. The lowest BCUT2D eigenvalue weighted by Crippen LogP contribution is -2.52. The fourth-order valence-corrected chi connectivity index (χ4v) is 2.94. The van der Waals surface area contributed by atoms with E-state index in [1.165, 1.54) is 6.92 Å².